The maximum Gasteiger partial charge on any atom is 0.434 e. The highest BCUT2D eigenvalue weighted by molar-refractivity contribution is 7.21. The number of rotatable bonds is 3. The summed E-state index contributed by atoms with van der Waals surface area (Å²) >= 11 is 6.17. The van der Waals surface area contributed by atoms with Gasteiger partial charge in [-0.1, -0.05) is 11.6 Å². The number of thiophene rings is 1. The molecule has 0 aromatic carbocycles. The number of primary amides is 1. The van der Waals surface area contributed by atoms with Crippen molar-refractivity contribution in [2.24, 2.45) is 12.8 Å². The first kappa shape index (κ1) is 22.8. The predicted octanol–water partition coefficient (Wildman–Crippen LogP) is 4.38. The number of carbonyl (C=O) groups excluding carboxylic acids is 2. The van der Waals surface area contributed by atoms with E-state index in [1.165, 1.54) is 6.92 Å². The molecule has 0 radical (unpaired) electrons. The second kappa shape index (κ2) is 7.37. The van der Waals surface area contributed by atoms with Gasteiger partial charge in [-0.05, 0) is 18.6 Å². The summed E-state index contributed by atoms with van der Waals surface area (Å²) in [6.07, 6.45) is -9.67. The molecule has 0 saturated carbocycles. The van der Waals surface area contributed by atoms with Crippen molar-refractivity contribution in [3.63, 3.8) is 0 Å². The Hall–Kier alpha value is -2.87. The van der Waals surface area contributed by atoms with Gasteiger partial charge in [-0.3, -0.25) is 14.3 Å². The molecule has 0 atom stereocenters. The van der Waals surface area contributed by atoms with E-state index in [0.717, 1.165) is 7.05 Å². The molecule has 2 amide bonds. The van der Waals surface area contributed by atoms with Crippen molar-refractivity contribution in [3.8, 4) is 0 Å². The first-order chi connectivity index (χ1) is 14.1. The van der Waals surface area contributed by atoms with Crippen LogP contribution in [0, 0.1) is 6.92 Å². The van der Waals surface area contributed by atoms with Crippen LogP contribution in [0.1, 0.15) is 37.1 Å². The molecule has 3 aromatic heterocycles. The maximum absolute atomic E-state index is 13.1. The summed E-state index contributed by atoms with van der Waals surface area (Å²) in [6, 6.07) is 0.699. The smallest absolute Gasteiger partial charge is 0.365 e. The van der Waals surface area contributed by atoms with Crippen LogP contribution >= 0.6 is 22.9 Å². The third-order valence-corrected chi connectivity index (χ3v) is 5.54. The third-order valence-electron chi connectivity index (χ3n) is 4.08. The van der Waals surface area contributed by atoms with Crippen molar-refractivity contribution in [1.29, 1.82) is 0 Å². The molecule has 3 N–H and O–H groups in total. The third kappa shape index (κ3) is 4.04. The molecule has 3 rings (SSSR count). The summed E-state index contributed by atoms with van der Waals surface area (Å²) in [4.78, 5) is 27.3. The van der Waals surface area contributed by atoms with Crippen LogP contribution in [0.3, 0.4) is 0 Å². The fourth-order valence-electron chi connectivity index (χ4n) is 2.84. The van der Waals surface area contributed by atoms with Gasteiger partial charge in [-0.25, -0.2) is 4.98 Å². The molecular formula is C16H10ClF6N5O2S. The van der Waals surface area contributed by atoms with Crippen LogP contribution in [0.5, 0.6) is 0 Å². The normalized spacial score (nSPS) is 12.4. The van der Waals surface area contributed by atoms with E-state index < -0.39 is 46.3 Å². The molecule has 3 aromatic rings. The minimum absolute atomic E-state index is 0.000488. The Morgan fingerprint density at radius 1 is 1.19 bits per heavy atom. The van der Waals surface area contributed by atoms with Crippen molar-refractivity contribution in [2.45, 2.75) is 19.3 Å². The van der Waals surface area contributed by atoms with Crippen molar-refractivity contribution in [1.82, 2.24) is 14.8 Å². The number of pyridine rings is 1. The number of hydrogen-bond acceptors (Lipinski definition) is 5. The van der Waals surface area contributed by atoms with Gasteiger partial charge in [0.1, 0.15) is 20.4 Å². The standard InChI is InChI=1S/C16H10ClF6N5O2S/c1-4-3-5(15(18,19)20)25-14-6(4)8(10(31-14)12(24)29)26-13(30)9-7(17)11(16(21,22)23)28(2)27-9/h3H,1-2H3,(H2,24,29)(H,26,30). The van der Waals surface area contributed by atoms with Gasteiger partial charge < -0.3 is 11.1 Å². The molecule has 0 aliphatic rings. The van der Waals surface area contributed by atoms with Gasteiger partial charge in [0.15, 0.2) is 11.4 Å². The summed E-state index contributed by atoms with van der Waals surface area (Å²) in [7, 11) is 0.924. The zero-order chi connectivity index (χ0) is 23.5. The Bertz CT molecular complexity index is 1230. The highest BCUT2D eigenvalue weighted by atomic mass is 35.5. The Labute approximate surface area is 177 Å². The molecule has 0 spiro atoms. The van der Waals surface area contributed by atoms with Crippen LogP contribution in [-0.4, -0.2) is 26.6 Å². The van der Waals surface area contributed by atoms with E-state index in [1.807, 2.05) is 0 Å². The quantitative estimate of drug-likeness (QED) is 0.537. The minimum Gasteiger partial charge on any atom is -0.365 e. The number of aryl methyl sites for hydroxylation is 2. The molecule has 31 heavy (non-hydrogen) atoms. The number of aromatic nitrogens is 3. The molecule has 0 unspecified atom stereocenters. The summed E-state index contributed by atoms with van der Waals surface area (Å²) in [5, 5.41) is 4.63. The Morgan fingerprint density at radius 3 is 2.29 bits per heavy atom. The van der Waals surface area contributed by atoms with E-state index in [1.54, 1.807) is 0 Å². The summed E-state index contributed by atoms with van der Waals surface area (Å²) < 4.78 is 78.8. The number of halogens is 7. The lowest BCUT2D eigenvalue weighted by atomic mass is 10.1. The van der Waals surface area contributed by atoms with Crippen molar-refractivity contribution in [2.75, 3.05) is 5.32 Å². The zero-order valence-corrected chi connectivity index (χ0v) is 16.9. The molecule has 0 fully saturated rings. The molecule has 0 bridgehead atoms. The molecule has 15 heteroatoms. The van der Waals surface area contributed by atoms with Gasteiger partial charge in [-0.15, -0.1) is 11.3 Å². The SMILES string of the molecule is Cc1cc(C(F)(F)F)nc2sc(C(N)=O)c(NC(=O)c3nn(C)c(C(F)(F)F)c3Cl)c12. The molecule has 0 aliphatic carbocycles. The number of nitrogens with zero attached hydrogens (tertiary/aromatic N) is 3. The number of nitrogens with one attached hydrogen (secondary N) is 1. The number of amides is 2. The molecular weight excluding hydrogens is 476 g/mol. The van der Waals surface area contributed by atoms with Gasteiger partial charge >= 0.3 is 12.4 Å². The monoisotopic (exact) mass is 485 g/mol. The van der Waals surface area contributed by atoms with Crippen LogP contribution in [-0.2, 0) is 19.4 Å². The average molecular weight is 486 g/mol. The molecule has 0 aliphatic heterocycles. The second-order valence-corrected chi connectivity index (χ2v) is 7.64. The van der Waals surface area contributed by atoms with E-state index >= 15 is 0 Å². The highest BCUT2D eigenvalue weighted by Gasteiger charge is 2.40. The zero-order valence-electron chi connectivity index (χ0n) is 15.4. The maximum atomic E-state index is 13.1. The molecule has 0 saturated heterocycles. The summed E-state index contributed by atoms with van der Waals surface area (Å²) in [6.45, 7) is 1.28. The van der Waals surface area contributed by atoms with Crippen LogP contribution < -0.4 is 11.1 Å². The van der Waals surface area contributed by atoms with E-state index in [-0.39, 0.29) is 26.3 Å². The summed E-state index contributed by atoms with van der Waals surface area (Å²) in [5.41, 5.74) is 1.55. The van der Waals surface area contributed by atoms with Gasteiger partial charge in [0.05, 0.1) is 5.69 Å². The van der Waals surface area contributed by atoms with E-state index in [0.29, 0.717) is 22.1 Å². The van der Waals surface area contributed by atoms with Gasteiger partial charge in [0, 0.05) is 12.4 Å². The van der Waals surface area contributed by atoms with Gasteiger partial charge in [-0.2, -0.15) is 31.4 Å². The van der Waals surface area contributed by atoms with Crippen molar-refractivity contribution in [3.05, 3.63) is 38.6 Å². The fourth-order valence-corrected chi connectivity index (χ4v) is 4.26. The van der Waals surface area contributed by atoms with Crippen LogP contribution in [0.15, 0.2) is 6.07 Å². The second-order valence-electron chi connectivity index (χ2n) is 6.26. The van der Waals surface area contributed by atoms with Crippen LogP contribution in [0.2, 0.25) is 5.02 Å². The lowest BCUT2D eigenvalue weighted by molar-refractivity contribution is -0.143. The highest BCUT2D eigenvalue weighted by Crippen LogP contribution is 2.41. The number of nitrogens with two attached hydrogens (primary N) is 1. The van der Waals surface area contributed by atoms with Crippen molar-refractivity contribution < 1.29 is 35.9 Å². The average Bonchev–Trinajstić information content (AvgIpc) is 3.11. The van der Waals surface area contributed by atoms with Gasteiger partial charge in [0.25, 0.3) is 11.8 Å². The Balaban J connectivity index is 2.14. The lowest BCUT2D eigenvalue weighted by Crippen LogP contribution is -2.17. The molecule has 166 valence electrons. The summed E-state index contributed by atoms with van der Waals surface area (Å²) in [5.74, 6) is -2.31. The van der Waals surface area contributed by atoms with Crippen molar-refractivity contribution >= 4 is 50.7 Å². The van der Waals surface area contributed by atoms with E-state index in [9.17, 15) is 35.9 Å². The lowest BCUT2D eigenvalue weighted by Gasteiger charge is -2.09. The van der Waals surface area contributed by atoms with E-state index in [4.69, 9.17) is 17.3 Å². The largest absolute Gasteiger partial charge is 0.434 e. The Morgan fingerprint density at radius 2 is 1.81 bits per heavy atom. The first-order valence-corrected chi connectivity index (χ1v) is 9.24. The van der Waals surface area contributed by atoms with Gasteiger partial charge in [0.2, 0.25) is 0 Å². The number of carbonyl (C=O) groups is 2. The molecule has 7 nitrogen and oxygen atoms in total. The van der Waals surface area contributed by atoms with E-state index in [2.05, 4.69) is 15.4 Å². The fraction of sp³-hybridized carbons (Fsp3) is 0.250. The van der Waals surface area contributed by atoms with Crippen LogP contribution in [0.4, 0.5) is 32.0 Å². The topological polar surface area (TPSA) is 103 Å². The predicted molar refractivity (Wildman–Crippen MR) is 99.1 cm³/mol. The first-order valence-electron chi connectivity index (χ1n) is 8.05. The number of hydrogen-bond donors (Lipinski definition) is 2. The number of alkyl halides is 6. The minimum atomic E-state index is -4.90. The Kier molecular flexibility index (Phi) is 5.42. The molecule has 3 heterocycles. The number of fused-ring (bicyclic) bond motifs is 1. The number of anilines is 1. The van der Waals surface area contributed by atoms with Crippen LogP contribution in [0.25, 0.3) is 10.2 Å².